The average Bonchev–Trinajstić information content (AvgIpc) is 3.78. The number of allylic oxidation sites excluding steroid dienone is 3. The van der Waals surface area contributed by atoms with Crippen molar-refractivity contribution in [3.63, 3.8) is 0 Å². The SMILES string of the molecule is CC=C1/C(=C\CC)Oc2ccccc2C12c1ccccc1-c1c(-c3ccc(-c4nc(-c5cccc6ccccc56)nc5c4sc4ccccc45)cc3)cccc12. The van der Waals surface area contributed by atoms with Gasteiger partial charge in [-0.1, -0.05) is 159 Å². The van der Waals surface area contributed by atoms with Gasteiger partial charge >= 0.3 is 0 Å². The average molecular weight is 737 g/mol. The second-order valence-electron chi connectivity index (χ2n) is 14.6. The number of thiophene rings is 1. The van der Waals surface area contributed by atoms with Crippen LogP contribution in [0.5, 0.6) is 5.75 Å². The van der Waals surface area contributed by atoms with Crippen LogP contribution in [0.25, 0.3) is 76.0 Å². The first-order valence-electron chi connectivity index (χ1n) is 19.3. The van der Waals surface area contributed by atoms with Crippen molar-refractivity contribution in [2.45, 2.75) is 25.7 Å². The van der Waals surface area contributed by atoms with Gasteiger partial charge in [0, 0.05) is 32.3 Å². The molecular weight excluding hydrogens is 701 g/mol. The molecule has 0 fully saturated rings. The molecular formula is C52H36N2OS. The number of rotatable bonds is 4. The third-order valence-electron chi connectivity index (χ3n) is 11.6. The van der Waals surface area contributed by atoms with Crippen LogP contribution in [0.2, 0.25) is 0 Å². The quantitative estimate of drug-likeness (QED) is 0.180. The van der Waals surface area contributed by atoms with Crippen LogP contribution in [-0.2, 0) is 5.41 Å². The van der Waals surface area contributed by atoms with E-state index in [-0.39, 0.29) is 0 Å². The van der Waals surface area contributed by atoms with Crippen molar-refractivity contribution in [3.8, 4) is 50.6 Å². The lowest BCUT2D eigenvalue weighted by Crippen LogP contribution is -2.35. The minimum atomic E-state index is -0.502. The van der Waals surface area contributed by atoms with Gasteiger partial charge in [-0.3, -0.25) is 0 Å². The molecule has 3 nitrogen and oxygen atoms in total. The number of nitrogens with zero attached hydrogens (tertiary/aromatic N) is 2. The summed E-state index contributed by atoms with van der Waals surface area (Å²) in [7, 11) is 0. The summed E-state index contributed by atoms with van der Waals surface area (Å²) in [5.74, 6) is 2.59. The normalized spacial score (nSPS) is 17.1. The van der Waals surface area contributed by atoms with Crippen LogP contribution in [-0.4, -0.2) is 9.97 Å². The molecule has 0 radical (unpaired) electrons. The summed E-state index contributed by atoms with van der Waals surface area (Å²) < 4.78 is 8.97. The fourth-order valence-corrected chi connectivity index (χ4v) is 10.5. The molecule has 56 heavy (non-hydrogen) atoms. The summed E-state index contributed by atoms with van der Waals surface area (Å²) in [6, 6.07) is 56.9. The van der Waals surface area contributed by atoms with Crippen LogP contribution >= 0.6 is 11.3 Å². The number of benzene rings is 7. The zero-order valence-corrected chi connectivity index (χ0v) is 31.9. The Hall–Kier alpha value is -6.62. The summed E-state index contributed by atoms with van der Waals surface area (Å²) >= 11 is 1.77. The third kappa shape index (κ3) is 4.63. The molecule has 2 aliphatic rings. The smallest absolute Gasteiger partial charge is 0.161 e. The molecule has 0 amide bonds. The molecule has 1 unspecified atom stereocenters. The lowest BCUT2D eigenvalue weighted by molar-refractivity contribution is 0.387. The van der Waals surface area contributed by atoms with Crippen molar-refractivity contribution in [2.24, 2.45) is 0 Å². The van der Waals surface area contributed by atoms with Crippen LogP contribution in [0.1, 0.15) is 37.0 Å². The third-order valence-corrected chi connectivity index (χ3v) is 12.8. The van der Waals surface area contributed by atoms with Gasteiger partial charge in [-0.15, -0.1) is 11.3 Å². The molecule has 1 aliphatic heterocycles. The zero-order chi connectivity index (χ0) is 37.4. The first-order valence-corrected chi connectivity index (χ1v) is 20.2. The molecule has 1 aliphatic carbocycles. The van der Waals surface area contributed by atoms with Crippen LogP contribution < -0.4 is 4.74 Å². The highest BCUT2D eigenvalue weighted by atomic mass is 32.1. The summed E-state index contributed by atoms with van der Waals surface area (Å²) in [5, 5.41) is 3.49. The Labute approximate surface area is 329 Å². The van der Waals surface area contributed by atoms with Gasteiger partial charge in [0.25, 0.3) is 0 Å². The van der Waals surface area contributed by atoms with Gasteiger partial charge in [-0.25, -0.2) is 9.97 Å². The van der Waals surface area contributed by atoms with Gasteiger partial charge < -0.3 is 4.74 Å². The topological polar surface area (TPSA) is 35.0 Å². The number of aromatic nitrogens is 2. The second kappa shape index (κ2) is 12.7. The molecule has 1 spiro atoms. The molecule has 1 atom stereocenters. The van der Waals surface area contributed by atoms with E-state index in [1.165, 1.54) is 54.6 Å². The van der Waals surface area contributed by atoms with Gasteiger partial charge in [0.2, 0.25) is 0 Å². The summed E-state index contributed by atoms with van der Waals surface area (Å²) in [6.45, 7) is 4.32. The van der Waals surface area contributed by atoms with E-state index in [0.717, 1.165) is 61.6 Å². The van der Waals surface area contributed by atoms with Crippen molar-refractivity contribution in [1.29, 1.82) is 0 Å². The van der Waals surface area contributed by atoms with E-state index in [1.807, 2.05) is 0 Å². The molecule has 4 heteroatoms. The standard InChI is InChI=1S/C52H36N2OS/c1-3-15-44-40(4-2)52(42-24-10-11-26-45(42)55-44)41-23-9-7-19-38(41)47-36(21-14-25-43(47)52)33-28-30-34(31-29-33)48-50-49(39-20-8-12-27-46(39)56-50)54-51(53-48)37-22-13-17-32-16-5-6-18-35(32)37/h4-31H,3H2,1-2H3/b40-4?,44-15+. The predicted octanol–water partition coefficient (Wildman–Crippen LogP) is 13.9. The molecule has 0 bridgehead atoms. The van der Waals surface area contributed by atoms with Crippen molar-refractivity contribution in [2.75, 3.05) is 0 Å². The highest BCUT2D eigenvalue weighted by Gasteiger charge is 2.52. The van der Waals surface area contributed by atoms with Gasteiger partial charge in [-0.2, -0.15) is 0 Å². The minimum absolute atomic E-state index is 0.502. The van der Waals surface area contributed by atoms with E-state index in [2.05, 4.69) is 184 Å². The van der Waals surface area contributed by atoms with Gasteiger partial charge in [0.1, 0.15) is 11.5 Å². The molecule has 266 valence electrons. The Kier molecular flexibility index (Phi) is 7.45. The van der Waals surface area contributed by atoms with Crippen LogP contribution in [0.3, 0.4) is 0 Å². The second-order valence-corrected chi connectivity index (χ2v) is 15.6. The van der Waals surface area contributed by atoms with E-state index < -0.39 is 5.41 Å². The van der Waals surface area contributed by atoms with Gasteiger partial charge in [-0.05, 0) is 75.7 Å². The van der Waals surface area contributed by atoms with Gasteiger partial charge in [0.15, 0.2) is 5.82 Å². The Balaban J connectivity index is 1.11. The van der Waals surface area contributed by atoms with Crippen molar-refractivity contribution in [3.05, 3.63) is 198 Å². The monoisotopic (exact) mass is 736 g/mol. The first kappa shape index (κ1) is 32.8. The number of fused-ring (bicyclic) bond motifs is 11. The van der Waals surface area contributed by atoms with Crippen molar-refractivity contribution in [1.82, 2.24) is 9.97 Å². The number of ether oxygens (including phenoxy) is 1. The van der Waals surface area contributed by atoms with Crippen LogP contribution in [0, 0.1) is 0 Å². The lowest BCUT2D eigenvalue weighted by Gasteiger charge is -2.41. The fourth-order valence-electron chi connectivity index (χ4n) is 9.35. The Morgan fingerprint density at radius 3 is 2.12 bits per heavy atom. The summed E-state index contributed by atoms with van der Waals surface area (Å²) in [6.07, 6.45) is 5.37. The van der Waals surface area contributed by atoms with Crippen molar-refractivity contribution >= 4 is 42.4 Å². The Morgan fingerprint density at radius 2 is 1.27 bits per heavy atom. The highest BCUT2D eigenvalue weighted by Crippen LogP contribution is 2.63. The summed E-state index contributed by atoms with van der Waals surface area (Å²) in [5.41, 5.74) is 13.4. The maximum atomic E-state index is 6.65. The molecule has 3 heterocycles. The maximum Gasteiger partial charge on any atom is 0.161 e. The Morgan fingerprint density at radius 1 is 0.607 bits per heavy atom. The molecule has 11 rings (SSSR count). The number of para-hydroxylation sites is 1. The number of hydrogen-bond donors (Lipinski definition) is 0. The van der Waals surface area contributed by atoms with Crippen molar-refractivity contribution < 1.29 is 4.74 Å². The lowest BCUT2D eigenvalue weighted by atomic mass is 9.65. The predicted molar refractivity (Wildman–Crippen MR) is 233 cm³/mol. The molecule has 9 aromatic rings. The van der Waals surface area contributed by atoms with E-state index in [1.54, 1.807) is 11.3 Å². The Bertz CT molecular complexity index is 3110. The first-order chi connectivity index (χ1) is 27.7. The van der Waals surface area contributed by atoms with Gasteiger partial charge in [0.05, 0.1) is 21.3 Å². The zero-order valence-electron chi connectivity index (χ0n) is 31.1. The highest BCUT2D eigenvalue weighted by molar-refractivity contribution is 7.26. The molecule has 7 aromatic carbocycles. The largest absolute Gasteiger partial charge is 0.457 e. The van der Waals surface area contributed by atoms with E-state index in [4.69, 9.17) is 14.7 Å². The number of hydrogen-bond acceptors (Lipinski definition) is 4. The minimum Gasteiger partial charge on any atom is -0.457 e. The fraction of sp³-hybridized carbons (Fsp3) is 0.0769. The van der Waals surface area contributed by atoms with E-state index >= 15 is 0 Å². The van der Waals surface area contributed by atoms with E-state index in [0.29, 0.717) is 0 Å². The van der Waals surface area contributed by atoms with Crippen LogP contribution in [0.15, 0.2) is 181 Å². The van der Waals surface area contributed by atoms with Crippen LogP contribution in [0.4, 0.5) is 0 Å². The molecule has 0 N–H and O–H groups in total. The summed E-state index contributed by atoms with van der Waals surface area (Å²) in [4.78, 5) is 10.6. The maximum absolute atomic E-state index is 6.65. The van der Waals surface area contributed by atoms with E-state index in [9.17, 15) is 0 Å². The molecule has 0 saturated heterocycles. The molecule has 2 aromatic heterocycles. The molecule has 0 saturated carbocycles.